The Hall–Kier alpha value is -3.17. The van der Waals surface area contributed by atoms with E-state index in [0.29, 0.717) is 29.0 Å². The molecule has 2 aromatic heterocycles. The van der Waals surface area contributed by atoms with Crippen LogP contribution in [0.1, 0.15) is 11.6 Å². The third-order valence-electron chi connectivity index (χ3n) is 4.76. The van der Waals surface area contributed by atoms with E-state index in [9.17, 15) is 0 Å². The van der Waals surface area contributed by atoms with Crippen LogP contribution in [0.3, 0.4) is 0 Å². The summed E-state index contributed by atoms with van der Waals surface area (Å²) in [5, 5.41) is 6.31. The van der Waals surface area contributed by atoms with Crippen molar-refractivity contribution in [2.24, 2.45) is 0 Å². The fraction of sp³-hybridized carbons (Fsp3) is 0.182. The summed E-state index contributed by atoms with van der Waals surface area (Å²) < 4.78 is 8.98. The minimum Gasteiger partial charge on any atom is -0.497 e. The van der Waals surface area contributed by atoms with Crippen LogP contribution in [0, 0.1) is 6.92 Å². The number of aryl methyl sites for hydroxylation is 1. The van der Waals surface area contributed by atoms with E-state index in [1.807, 2.05) is 24.3 Å². The highest BCUT2D eigenvalue weighted by atomic mass is 35.6. The van der Waals surface area contributed by atoms with Crippen molar-refractivity contribution >= 4 is 91.6 Å². The number of rotatable bonds is 9. The molecule has 0 unspecified atom stereocenters. The van der Waals surface area contributed by atoms with E-state index in [2.05, 4.69) is 40.5 Å². The highest BCUT2D eigenvalue weighted by Gasteiger charge is 2.28. The van der Waals surface area contributed by atoms with Gasteiger partial charge in [0.1, 0.15) is 17.3 Å². The van der Waals surface area contributed by atoms with Crippen LogP contribution in [0.4, 0.5) is 35.2 Å². The quantitative estimate of drug-likeness (QED) is 0.132. The van der Waals surface area contributed by atoms with E-state index in [-0.39, 0.29) is 23.7 Å². The molecule has 0 aliphatic heterocycles. The van der Waals surface area contributed by atoms with Gasteiger partial charge in [0.25, 0.3) is 0 Å². The summed E-state index contributed by atoms with van der Waals surface area (Å²) in [7, 11) is 6.05. The molecule has 0 atom stereocenters. The lowest BCUT2D eigenvalue weighted by Crippen LogP contribution is -2.13. The molecule has 0 bridgehead atoms. The number of nitrogens with two attached hydrogens (primary N) is 2. The lowest BCUT2D eigenvalue weighted by atomic mass is 10.3. The molecule has 17 heteroatoms. The van der Waals surface area contributed by atoms with Gasteiger partial charge in [0.15, 0.2) is 5.82 Å². The maximum atomic E-state index is 5.94. The second-order valence-corrected chi connectivity index (χ2v) is 12.0. The number of halogens is 3. The summed E-state index contributed by atoms with van der Waals surface area (Å²) in [5.74, 6) is 2.12. The van der Waals surface area contributed by atoms with Crippen LogP contribution < -0.4 is 31.6 Å². The van der Waals surface area contributed by atoms with E-state index >= 15 is 0 Å². The Morgan fingerprint density at radius 2 is 1.21 bits per heavy atom. The third kappa shape index (κ3) is 7.70. The van der Waals surface area contributed by atoms with Crippen molar-refractivity contribution < 1.29 is 9.47 Å². The first kappa shape index (κ1) is 28.8. The van der Waals surface area contributed by atoms with Crippen molar-refractivity contribution in [2.75, 3.05) is 36.3 Å². The Labute approximate surface area is 246 Å². The second-order valence-electron chi connectivity index (χ2n) is 7.54. The number of alkyl halides is 3. The fourth-order valence-electron chi connectivity index (χ4n) is 3.07. The molecule has 2 aromatic carbocycles. The van der Waals surface area contributed by atoms with Crippen LogP contribution in [0.25, 0.3) is 0 Å². The summed E-state index contributed by atoms with van der Waals surface area (Å²) in [6.07, 6.45) is 0. The van der Waals surface area contributed by atoms with Gasteiger partial charge in [0, 0.05) is 9.79 Å². The Kier molecular flexibility index (Phi) is 9.12. The summed E-state index contributed by atoms with van der Waals surface area (Å²) in [4.78, 5) is 26.3. The monoisotopic (exact) mass is 626 g/mol. The first-order chi connectivity index (χ1) is 18.5. The SMILES string of the molecule is COc1ccc(Nc2nc(C)nc(N)n2)c(SSc2cc(OC)ccc2Nc2nc(N)nc(C(Cl)(Cl)Cl)n2)c1. The molecule has 0 saturated carbocycles. The summed E-state index contributed by atoms with van der Waals surface area (Å²) in [6, 6.07) is 11.0. The van der Waals surface area contributed by atoms with Gasteiger partial charge in [-0.15, -0.1) is 0 Å². The van der Waals surface area contributed by atoms with Crippen molar-refractivity contribution in [3.05, 3.63) is 48.0 Å². The molecular formula is C22H21Cl3N10O2S2. The first-order valence-electron chi connectivity index (χ1n) is 10.9. The number of benzene rings is 2. The van der Waals surface area contributed by atoms with Gasteiger partial charge in [-0.1, -0.05) is 56.4 Å². The maximum absolute atomic E-state index is 5.94. The number of nitrogens with zero attached hydrogens (tertiary/aromatic N) is 6. The van der Waals surface area contributed by atoms with Crippen molar-refractivity contribution in [1.29, 1.82) is 0 Å². The van der Waals surface area contributed by atoms with Gasteiger partial charge in [0.05, 0.1) is 25.6 Å². The molecule has 0 saturated heterocycles. The number of hydrogen-bond donors (Lipinski definition) is 4. The standard InChI is InChI=1S/C22H21Cl3N10O2S2/c1-10-28-18(26)34-20(29-10)30-13-6-4-11(36-2)8-15(13)38-39-16-9-12(37-3)5-7-14(16)31-21-33-17(22(23,24)25)32-19(27)35-21/h4-9H,1-3H3,(H3,26,28,29,30,34)(H3,27,31,32,33,35). The van der Waals surface area contributed by atoms with E-state index in [1.165, 1.54) is 21.6 Å². The topological polar surface area (TPSA) is 172 Å². The molecule has 0 fully saturated rings. The van der Waals surface area contributed by atoms with Gasteiger partial charge >= 0.3 is 0 Å². The van der Waals surface area contributed by atoms with Crippen LogP contribution in [0.5, 0.6) is 11.5 Å². The first-order valence-corrected chi connectivity index (χ1v) is 14.1. The van der Waals surface area contributed by atoms with Gasteiger partial charge in [-0.2, -0.15) is 29.9 Å². The smallest absolute Gasteiger partial charge is 0.250 e. The normalized spacial score (nSPS) is 11.2. The maximum Gasteiger partial charge on any atom is 0.250 e. The molecule has 0 amide bonds. The van der Waals surface area contributed by atoms with Gasteiger partial charge in [-0.25, -0.2) is 0 Å². The second kappa shape index (κ2) is 12.3. The Bertz CT molecular complexity index is 1470. The molecule has 0 spiro atoms. The number of anilines is 6. The summed E-state index contributed by atoms with van der Waals surface area (Å²) in [6.45, 7) is 1.73. The Balaban J connectivity index is 1.64. The molecule has 0 aliphatic carbocycles. The van der Waals surface area contributed by atoms with Gasteiger partial charge < -0.3 is 31.6 Å². The lowest BCUT2D eigenvalue weighted by Gasteiger charge is -2.15. The summed E-state index contributed by atoms with van der Waals surface area (Å²) in [5.41, 5.74) is 13.0. The molecule has 204 valence electrons. The highest BCUT2D eigenvalue weighted by molar-refractivity contribution is 8.76. The number of methoxy groups -OCH3 is 2. The van der Waals surface area contributed by atoms with Crippen molar-refractivity contribution in [1.82, 2.24) is 29.9 Å². The van der Waals surface area contributed by atoms with E-state index in [4.69, 9.17) is 55.7 Å². The number of aromatic nitrogens is 6. The van der Waals surface area contributed by atoms with E-state index in [1.54, 1.807) is 33.3 Å². The molecule has 2 heterocycles. The fourth-order valence-corrected chi connectivity index (χ4v) is 5.61. The zero-order valence-electron chi connectivity index (χ0n) is 20.6. The molecule has 39 heavy (non-hydrogen) atoms. The number of nitrogen functional groups attached to an aromatic ring is 2. The van der Waals surface area contributed by atoms with Crippen LogP contribution >= 0.6 is 56.4 Å². The Morgan fingerprint density at radius 1 is 0.718 bits per heavy atom. The lowest BCUT2D eigenvalue weighted by molar-refractivity contribution is 0.413. The minimum absolute atomic E-state index is 0.104. The summed E-state index contributed by atoms with van der Waals surface area (Å²) >= 11 is 17.8. The van der Waals surface area contributed by atoms with Crippen LogP contribution in [0.2, 0.25) is 0 Å². The van der Waals surface area contributed by atoms with Crippen molar-refractivity contribution in [3.8, 4) is 11.5 Å². The zero-order chi connectivity index (χ0) is 28.2. The predicted molar refractivity (Wildman–Crippen MR) is 157 cm³/mol. The molecular weight excluding hydrogens is 607 g/mol. The van der Waals surface area contributed by atoms with Crippen LogP contribution in [-0.2, 0) is 3.79 Å². The molecule has 0 radical (unpaired) electrons. The van der Waals surface area contributed by atoms with Gasteiger partial charge in [-0.05, 0) is 43.3 Å². The highest BCUT2D eigenvalue weighted by Crippen LogP contribution is 2.46. The number of hydrogen-bond acceptors (Lipinski definition) is 14. The average molecular weight is 628 g/mol. The number of nitrogens with one attached hydrogen (secondary N) is 2. The van der Waals surface area contributed by atoms with Crippen molar-refractivity contribution in [2.45, 2.75) is 20.5 Å². The average Bonchev–Trinajstić information content (AvgIpc) is 2.87. The Morgan fingerprint density at radius 3 is 1.67 bits per heavy atom. The van der Waals surface area contributed by atoms with Crippen molar-refractivity contribution in [3.63, 3.8) is 0 Å². The van der Waals surface area contributed by atoms with Crippen LogP contribution in [0.15, 0.2) is 46.2 Å². The minimum atomic E-state index is -1.88. The molecule has 0 aliphatic rings. The zero-order valence-corrected chi connectivity index (χ0v) is 24.5. The number of ether oxygens (including phenoxy) is 2. The molecule has 12 nitrogen and oxygen atoms in total. The van der Waals surface area contributed by atoms with Gasteiger partial charge in [-0.3, -0.25) is 0 Å². The van der Waals surface area contributed by atoms with E-state index < -0.39 is 3.79 Å². The molecule has 6 N–H and O–H groups in total. The molecule has 4 aromatic rings. The van der Waals surface area contributed by atoms with E-state index in [0.717, 1.165) is 15.5 Å². The third-order valence-corrected chi connectivity index (χ3v) is 7.71. The van der Waals surface area contributed by atoms with Gasteiger partial charge in [0.2, 0.25) is 27.6 Å². The van der Waals surface area contributed by atoms with Crippen LogP contribution in [-0.4, -0.2) is 44.1 Å². The predicted octanol–water partition coefficient (Wildman–Crippen LogP) is 5.66. The largest absolute Gasteiger partial charge is 0.497 e. The molecule has 4 rings (SSSR count).